The predicted octanol–water partition coefficient (Wildman–Crippen LogP) is 4.31. The van der Waals surface area contributed by atoms with Crippen LogP contribution in [0.25, 0.3) is 10.6 Å². The maximum Gasteiger partial charge on any atom is 0.226 e. The topological polar surface area (TPSA) is 60.5 Å². The third-order valence-electron chi connectivity index (χ3n) is 3.87. The zero-order chi connectivity index (χ0) is 18.5. The molecule has 0 saturated heterocycles. The summed E-state index contributed by atoms with van der Waals surface area (Å²) in [6, 6.07) is 9.69. The molecule has 26 heavy (non-hydrogen) atoms. The standard InChI is InChI=1S/C19H20N2O3S2/c1-12(17-5-4-8-25-17)20-18(22)10-14-11-26-19(21-14)13-6-7-15(23-2)16(9-13)24-3/h4-9,11-12H,10H2,1-3H3,(H,20,22). The summed E-state index contributed by atoms with van der Waals surface area (Å²) in [5.74, 6) is 1.30. The molecule has 1 amide bonds. The SMILES string of the molecule is COc1ccc(-c2nc(CC(=O)NC(C)c3cccs3)cs2)cc1OC. The van der Waals surface area contributed by atoms with Gasteiger partial charge in [0.15, 0.2) is 11.5 Å². The third-order valence-corrected chi connectivity index (χ3v) is 5.87. The molecule has 0 saturated carbocycles. The number of nitrogens with one attached hydrogen (secondary N) is 1. The molecule has 0 bridgehead atoms. The van der Waals surface area contributed by atoms with Crippen LogP contribution in [0.1, 0.15) is 23.5 Å². The maximum atomic E-state index is 12.3. The Kier molecular flexibility index (Phi) is 5.90. The third kappa shape index (κ3) is 4.23. The highest BCUT2D eigenvalue weighted by molar-refractivity contribution is 7.13. The van der Waals surface area contributed by atoms with Crippen molar-refractivity contribution in [2.24, 2.45) is 0 Å². The van der Waals surface area contributed by atoms with E-state index in [0.717, 1.165) is 21.1 Å². The van der Waals surface area contributed by atoms with E-state index in [0.29, 0.717) is 11.5 Å². The predicted molar refractivity (Wildman–Crippen MR) is 105 cm³/mol. The first-order valence-corrected chi connectivity index (χ1v) is 9.86. The van der Waals surface area contributed by atoms with Crippen molar-refractivity contribution in [3.63, 3.8) is 0 Å². The van der Waals surface area contributed by atoms with Crippen molar-refractivity contribution in [1.29, 1.82) is 0 Å². The zero-order valence-corrected chi connectivity index (χ0v) is 16.4. The van der Waals surface area contributed by atoms with Crippen LogP contribution in [-0.2, 0) is 11.2 Å². The van der Waals surface area contributed by atoms with E-state index in [-0.39, 0.29) is 18.4 Å². The summed E-state index contributed by atoms with van der Waals surface area (Å²) >= 11 is 3.15. The molecule has 0 spiro atoms. The monoisotopic (exact) mass is 388 g/mol. The number of nitrogens with zero attached hydrogens (tertiary/aromatic N) is 1. The van der Waals surface area contributed by atoms with E-state index >= 15 is 0 Å². The van der Waals surface area contributed by atoms with Gasteiger partial charge in [-0.3, -0.25) is 4.79 Å². The van der Waals surface area contributed by atoms with Crippen molar-refractivity contribution in [3.8, 4) is 22.1 Å². The molecule has 5 nitrogen and oxygen atoms in total. The number of hydrogen-bond acceptors (Lipinski definition) is 6. The lowest BCUT2D eigenvalue weighted by Gasteiger charge is -2.11. The number of thiazole rings is 1. The summed E-state index contributed by atoms with van der Waals surface area (Å²) in [4.78, 5) is 18.0. The van der Waals surface area contributed by atoms with E-state index < -0.39 is 0 Å². The molecule has 2 aromatic heterocycles. The average molecular weight is 389 g/mol. The van der Waals surface area contributed by atoms with E-state index in [1.54, 1.807) is 25.6 Å². The molecule has 1 atom stereocenters. The molecule has 1 unspecified atom stereocenters. The Hall–Kier alpha value is -2.38. The minimum absolute atomic E-state index is 0.00598. The minimum Gasteiger partial charge on any atom is -0.493 e. The van der Waals surface area contributed by atoms with Crippen molar-refractivity contribution in [1.82, 2.24) is 10.3 Å². The lowest BCUT2D eigenvalue weighted by molar-refractivity contribution is -0.121. The molecule has 0 aliphatic heterocycles. The molecule has 1 N–H and O–H groups in total. The van der Waals surface area contributed by atoms with E-state index in [9.17, 15) is 4.79 Å². The molecule has 0 radical (unpaired) electrons. The van der Waals surface area contributed by atoms with Gasteiger partial charge in [0.2, 0.25) is 5.91 Å². The van der Waals surface area contributed by atoms with Crippen molar-refractivity contribution in [2.75, 3.05) is 14.2 Å². The number of amides is 1. The Balaban J connectivity index is 1.67. The normalized spacial score (nSPS) is 11.8. The number of methoxy groups -OCH3 is 2. The summed E-state index contributed by atoms with van der Waals surface area (Å²) in [6.07, 6.45) is 0.263. The number of benzene rings is 1. The van der Waals surface area contributed by atoms with Gasteiger partial charge in [-0.05, 0) is 36.6 Å². The van der Waals surface area contributed by atoms with Gasteiger partial charge in [-0.25, -0.2) is 4.98 Å². The van der Waals surface area contributed by atoms with Crippen LogP contribution in [0.3, 0.4) is 0 Å². The first-order valence-electron chi connectivity index (χ1n) is 8.10. The fourth-order valence-corrected chi connectivity index (χ4v) is 4.11. The summed E-state index contributed by atoms with van der Waals surface area (Å²) in [6.45, 7) is 1.99. The first-order chi connectivity index (χ1) is 12.6. The van der Waals surface area contributed by atoms with Gasteiger partial charge in [-0.1, -0.05) is 6.07 Å². The molecule has 0 fully saturated rings. The largest absolute Gasteiger partial charge is 0.493 e. The molecule has 0 aliphatic carbocycles. The van der Waals surface area contributed by atoms with Crippen LogP contribution in [0, 0.1) is 0 Å². The van der Waals surface area contributed by atoms with Gasteiger partial charge < -0.3 is 14.8 Å². The molecule has 3 rings (SSSR count). The zero-order valence-electron chi connectivity index (χ0n) is 14.8. The Morgan fingerprint density at radius 2 is 2.00 bits per heavy atom. The quantitative estimate of drug-likeness (QED) is 0.655. The Bertz CT molecular complexity index is 875. The van der Waals surface area contributed by atoms with E-state index in [1.807, 2.05) is 48.0 Å². The molecule has 3 aromatic rings. The summed E-state index contributed by atoms with van der Waals surface area (Å²) < 4.78 is 10.6. The number of carbonyl (C=O) groups is 1. The van der Waals surface area contributed by atoms with Crippen LogP contribution >= 0.6 is 22.7 Å². The number of thiophene rings is 1. The second kappa shape index (κ2) is 8.33. The molecular formula is C19H20N2O3S2. The van der Waals surface area contributed by atoms with E-state index in [2.05, 4.69) is 10.3 Å². The van der Waals surface area contributed by atoms with Gasteiger partial charge in [-0.2, -0.15) is 0 Å². The molecule has 136 valence electrons. The molecule has 0 aliphatic rings. The number of aromatic nitrogens is 1. The molecule has 7 heteroatoms. The highest BCUT2D eigenvalue weighted by Crippen LogP contribution is 2.33. The Morgan fingerprint density at radius 1 is 1.19 bits per heavy atom. The van der Waals surface area contributed by atoms with Gasteiger partial charge in [0.1, 0.15) is 5.01 Å². The van der Waals surface area contributed by atoms with E-state index in [1.165, 1.54) is 11.3 Å². The van der Waals surface area contributed by atoms with Crippen LogP contribution in [0.5, 0.6) is 11.5 Å². The average Bonchev–Trinajstić information content (AvgIpc) is 3.33. The highest BCUT2D eigenvalue weighted by atomic mass is 32.1. The maximum absolute atomic E-state index is 12.3. The second-order valence-electron chi connectivity index (χ2n) is 5.70. The van der Waals surface area contributed by atoms with Gasteiger partial charge in [0.05, 0.1) is 32.4 Å². The van der Waals surface area contributed by atoms with Crippen LogP contribution in [0.2, 0.25) is 0 Å². The minimum atomic E-state index is -0.0324. The summed E-state index contributed by atoms with van der Waals surface area (Å²) in [5, 5.41) is 7.79. The highest BCUT2D eigenvalue weighted by Gasteiger charge is 2.14. The van der Waals surface area contributed by atoms with Crippen molar-refractivity contribution in [2.45, 2.75) is 19.4 Å². The smallest absolute Gasteiger partial charge is 0.226 e. The van der Waals surface area contributed by atoms with E-state index in [4.69, 9.17) is 9.47 Å². The lowest BCUT2D eigenvalue weighted by Crippen LogP contribution is -2.27. The van der Waals surface area contributed by atoms with Crippen LogP contribution in [0.15, 0.2) is 41.1 Å². The van der Waals surface area contributed by atoms with Crippen LogP contribution in [-0.4, -0.2) is 25.1 Å². The fraction of sp³-hybridized carbons (Fsp3) is 0.263. The van der Waals surface area contributed by atoms with Crippen molar-refractivity contribution < 1.29 is 14.3 Å². The number of carbonyl (C=O) groups excluding carboxylic acids is 1. The van der Waals surface area contributed by atoms with Gasteiger partial charge >= 0.3 is 0 Å². The molecule has 2 heterocycles. The Morgan fingerprint density at radius 3 is 2.69 bits per heavy atom. The lowest BCUT2D eigenvalue weighted by atomic mass is 10.2. The molecular weight excluding hydrogens is 368 g/mol. The molecule has 1 aromatic carbocycles. The van der Waals surface area contributed by atoms with Crippen LogP contribution in [0.4, 0.5) is 0 Å². The Labute approximate surface area is 160 Å². The van der Waals surface area contributed by atoms with Gasteiger partial charge in [0, 0.05) is 15.8 Å². The number of rotatable bonds is 7. The summed E-state index contributed by atoms with van der Waals surface area (Å²) in [7, 11) is 3.21. The summed E-state index contributed by atoms with van der Waals surface area (Å²) in [5.41, 5.74) is 1.70. The second-order valence-corrected chi connectivity index (χ2v) is 7.53. The number of ether oxygens (including phenoxy) is 2. The fourth-order valence-electron chi connectivity index (χ4n) is 2.56. The first kappa shape index (κ1) is 18.4. The number of hydrogen-bond donors (Lipinski definition) is 1. The van der Waals surface area contributed by atoms with Crippen molar-refractivity contribution >= 4 is 28.6 Å². The van der Waals surface area contributed by atoms with Crippen LogP contribution < -0.4 is 14.8 Å². The van der Waals surface area contributed by atoms with Crippen molar-refractivity contribution in [3.05, 3.63) is 51.7 Å². The van der Waals surface area contributed by atoms with Gasteiger partial charge in [0.25, 0.3) is 0 Å². The van der Waals surface area contributed by atoms with Gasteiger partial charge in [-0.15, -0.1) is 22.7 Å².